The average Bonchev–Trinajstić information content (AvgIpc) is 2.62. The van der Waals surface area contributed by atoms with E-state index in [0.717, 1.165) is 0 Å². The van der Waals surface area contributed by atoms with Gasteiger partial charge in [-0.1, -0.05) is 0 Å². The Hall–Kier alpha value is -0.130. The van der Waals surface area contributed by atoms with E-state index >= 15 is 0 Å². The van der Waals surface area contributed by atoms with Gasteiger partial charge in [-0.3, -0.25) is 0 Å². The van der Waals surface area contributed by atoms with Gasteiger partial charge >= 0.3 is 0 Å². The zero-order valence-corrected chi connectivity index (χ0v) is 8.19. The Kier molecular flexibility index (Phi) is 2.47. The molecule has 0 aliphatic heterocycles. The maximum absolute atomic E-state index is 11.5. The van der Waals surface area contributed by atoms with Crippen LogP contribution in [0.2, 0.25) is 0 Å². The summed E-state index contributed by atoms with van der Waals surface area (Å²) >= 11 is 0. The Morgan fingerprint density at radius 2 is 2.00 bits per heavy atom. The van der Waals surface area contributed by atoms with Crippen LogP contribution in [-0.4, -0.2) is 30.9 Å². The molecule has 0 aromatic rings. The van der Waals surface area contributed by atoms with Crippen LogP contribution in [0.1, 0.15) is 26.7 Å². The van der Waals surface area contributed by atoms with E-state index in [1.165, 1.54) is 0 Å². The maximum Gasteiger partial charge on any atom is 0.219 e. The topological polar surface area (TPSA) is 66.4 Å². The lowest BCUT2D eigenvalue weighted by molar-refractivity contribution is 0.282. The molecule has 1 fully saturated rings. The second-order valence-corrected chi connectivity index (χ2v) is 5.73. The molecular formula is C7H15NO3S. The first-order chi connectivity index (χ1) is 5.43. The van der Waals surface area contributed by atoms with Gasteiger partial charge in [-0.25, -0.2) is 13.1 Å². The second-order valence-electron chi connectivity index (χ2n) is 3.62. The van der Waals surface area contributed by atoms with E-state index in [1.807, 2.05) is 0 Å². The molecule has 5 heteroatoms. The Labute approximate surface area is 73.0 Å². The molecule has 12 heavy (non-hydrogen) atoms. The van der Waals surface area contributed by atoms with Crippen LogP contribution < -0.4 is 4.72 Å². The number of hydrogen-bond donors (Lipinski definition) is 2. The molecule has 1 saturated carbocycles. The van der Waals surface area contributed by atoms with Crippen molar-refractivity contribution in [3.8, 4) is 0 Å². The quantitative estimate of drug-likeness (QED) is 0.652. The molecule has 0 radical (unpaired) electrons. The predicted octanol–water partition coefficient (Wildman–Crippen LogP) is -0.161. The van der Waals surface area contributed by atoms with Gasteiger partial charge in [-0.2, -0.15) is 0 Å². The Bertz CT molecular complexity index is 254. The second kappa shape index (κ2) is 2.97. The van der Waals surface area contributed by atoms with Gasteiger partial charge in [0.05, 0.1) is 6.61 Å². The van der Waals surface area contributed by atoms with Crippen LogP contribution in [0.15, 0.2) is 0 Å². The lowest BCUT2D eigenvalue weighted by Crippen LogP contribution is -2.41. The molecule has 1 rings (SSSR count). The molecule has 0 heterocycles. The first-order valence-electron chi connectivity index (χ1n) is 4.06. The zero-order chi connectivity index (χ0) is 9.41. The van der Waals surface area contributed by atoms with Gasteiger partial charge in [0.1, 0.15) is 4.75 Å². The third-order valence-corrected chi connectivity index (χ3v) is 4.52. The minimum absolute atomic E-state index is 0.0981. The molecule has 1 aliphatic carbocycles. The molecule has 0 amide bonds. The summed E-state index contributed by atoms with van der Waals surface area (Å²) in [6.07, 6.45) is 1.15. The van der Waals surface area contributed by atoms with Crippen molar-refractivity contribution in [3.63, 3.8) is 0 Å². The van der Waals surface area contributed by atoms with Crippen LogP contribution >= 0.6 is 0 Å². The molecule has 1 aliphatic rings. The summed E-state index contributed by atoms with van der Waals surface area (Å²) in [5.41, 5.74) is 0. The van der Waals surface area contributed by atoms with Crippen molar-refractivity contribution in [2.75, 3.05) is 6.61 Å². The highest BCUT2D eigenvalue weighted by Crippen LogP contribution is 2.42. The average molecular weight is 193 g/mol. The van der Waals surface area contributed by atoms with E-state index in [-0.39, 0.29) is 12.6 Å². The van der Waals surface area contributed by atoms with Crippen LogP contribution in [0.4, 0.5) is 0 Å². The Balaban J connectivity index is 2.73. The molecule has 72 valence electrons. The summed E-state index contributed by atoms with van der Waals surface area (Å²) in [7, 11) is -3.30. The third kappa shape index (κ3) is 1.62. The summed E-state index contributed by atoms with van der Waals surface area (Å²) in [4.78, 5) is 0. The van der Waals surface area contributed by atoms with E-state index in [9.17, 15) is 8.42 Å². The predicted molar refractivity (Wildman–Crippen MR) is 46.2 cm³/mol. The van der Waals surface area contributed by atoms with Gasteiger partial charge in [0.25, 0.3) is 0 Å². The number of hydrogen-bond acceptors (Lipinski definition) is 3. The number of aliphatic hydroxyl groups is 1. The molecule has 0 aromatic carbocycles. The summed E-state index contributed by atoms with van der Waals surface area (Å²) in [6, 6.07) is -0.0981. The number of nitrogens with one attached hydrogen (secondary N) is 1. The van der Waals surface area contributed by atoms with E-state index in [2.05, 4.69) is 4.72 Å². The Morgan fingerprint density at radius 1 is 1.50 bits per heavy atom. The molecule has 0 unspecified atom stereocenters. The summed E-state index contributed by atoms with van der Waals surface area (Å²) < 4.78 is 24.6. The SMILES string of the molecule is CC(C)NS(=O)(=O)C1(CO)CC1. The van der Waals surface area contributed by atoms with Crippen molar-refractivity contribution >= 4 is 10.0 Å². The fourth-order valence-corrected chi connectivity index (χ4v) is 2.77. The number of sulfonamides is 1. The fourth-order valence-electron chi connectivity index (χ4n) is 1.09. The lowest BCUT2D eigenvalue weighted by atomic mass is 10.4. The van der Waals surface area contributed by atoms with Gasteiger partial charge in [-0.15, -0.1) is 0 Å². The molecule has 0 saturated heterocycles. The Morgan fingerprint density at radius 3 is 2.25 bits per heavy atom. The molecule has 0 bridgehead atoms. The molecule has 2 N–H and O–H groups in total. The van der Waals surface area contributed by atoms with Gasteiger partial charge in [0, 0.05) is 6.04 Å². The van der Waals surface area contributed by atoms with Gasteiger partial charge < -0.3 is 5.11 Å². The number of rotatable bonds is 4. The van der Waals surface area contributed by atoms with E-state index in [4.69, 9.17) is 5.11 Å². The monoisotopic (exact) mass is 193 g/mol. The van der Waals surface area contributed by atoms with Crippen molar-refractivity contribution in [2.45, 2.75) is 37.5 Å². The van der Waals surface area contributed by atoms with Crippen molar-refractivity contribution < 1.29 is 13.5 Å². The summed E-state index contributed by atoms with van der Waals surface area (Å²) in [5.74, 6) is 0. The van der Waals surface area contributed by atoms with E-state index in [1.54, 1.807) is 13.8 Å². The summed E-state index contributed by atoms with van der Waals surface area (Å²) in [6.45, 7) is 3.27. The zero-order valence-electron chi connectivity index (χ0n) is 7.37. The first-order valence-corrected chi connectivity index (χ1v) is 5.55. The molecular weight excluding hydrogens is 178 g/mol. The molecule has 0 atom stereocenters. The van der Waals surface area contributed by atoms with E-state index in [0.29, 0.717) is 12.8 Å². The largest absolute Gasteiger partial charge is 0.395 e. The number of aliphatic hydroxyl groups excluding tert-OH is 1. The lowest BCUT2D eigenvalue weighted by Gasteiger charge is -2.16. The summed E-state index contributed by atoms with van der Waals surface area (Å²) in [5, 5.41) is 8.89. The van der Waals surface area contributed by atoms with Crippen LogP contribution in [0.25, 0.3) is 0 Å². The molecule has 0 spiro atoms. The van der Waals surface area contributed by atoms with Crippen LogP contribution in [0, 0.1) is 0 Å². The smallest absolute Gasteiger partial charge is 0.219 e. The van der Waals surface area contributed by atoms with Crippen LogP contribution in [0.5, 0.6) is 0 Å². The highest BCUT2D eigenvalue weighted by molar-refractivity contribution is 7.91. The first kappa shape index (κ1) is 9.95. The van der Waals surface area contributed by atoms with Crippen molar-refractivity contribution in [1.82, 2.24) is 4.72 Å². The highest BCUT2D eigenvalue weighted by Gasteiger charge is 2.54. The standard InChI is InChI=1S/C7H15NO3S/c1-6(2)8-12(10,11)7(5-9)3-4-7/h6,8-9H,3-5H2,1-2H3. The van der Waals surface area contributed by atoms with Crippen molar-refractivity contribution in [2.24, 2.45) is 0 Å². The van der Waals surface area contributed by atoms with Crippen LogP contribution in [0.3, 0.4) is 0 Å². The molecule has 0 aromatic heterocycles. The van der Waals surface area contributed by atoms with Crippen molar-refractivity contribution in [3.05, 3.63) is 0 Å². The highest BCUT2D eigenvalue weighted by atomic mass is 32.2. The normalized spacial score (nSPS) is 21.3. The van der Waals surface area contributed by atoms with Crippen LogP contribution in [-0.2, 0) is 10.0 Å². The van der Waals surface area contributed by atoms with Crippen molar-refractivity contribution in [1.29, 1.82) is 0 Å². The third-order valence-electron chi connectivity index (χ3n) is 2.06. The van der Waals surface area contributed by atoms with Gasteiger partial charge in [0.15, 0.2) is 0 Å². The fraction of sp³-hybridized carbons (Fsp3) is 1.00. The van der Waals surface area contributed by atoms with Gasteiger partial charge in [0.2, 0.25) is 10.0 Å². The van der Waals surface area contributed by atoms with Gasteiger partial charge in [-0.05, 0) is 26.7 Å². The van der Waals surface area contributed by atoms with E-state index < -0.39 is 14.8 Å². The minimum atomic E-state index is -3.30. The molecule has 4 nitrogen and oxygen atoms in total. The minimum Gasteiger partial charge on any atom is -0.395 e. The maximum atomic E-state index is 11.5.